The van der Waals surface area contributed by atoms with E-state index in [1.165, 1.54) is 0 Å². The normalized spacial score (nSPS) is 12.6. The summed E-state index contributed by atoms with van der Waals surface area (Å²) in [5, 5.41) is 2.73. The van der Waals surface area contributed by atoms with Gasteiger partial charge in [-0.15, -0.1) is 0 Å². The number of nitrogens with zero attached hydrogens (tertiary/aromatic N) is 1. The van der Waals surface area contributed by atoms with Crippen molar-refractivity contribution in [3.8, 4) is 0 Å². The molecule has 1 amide bonds. The molecule has 5 heteroatoms. The molecule has 14 heavy (non-hydrogen) atoms. The van der Waals surface area contributed by atoms with Gasteiger partial charge < -0.3 is 9.73 Å². The van der Waals surface area contributed by atoms with E-state index in [0.717, 1.165) is 0 Å². The molecule has 1 aromatic rings. The smallest absolute Gasteiger partial charge is 0.289 e. The molecule has 4 nitrogen and oxygen atoms in total. The maximum absolute atomic E-state index is 11.5. The van der Waals surface area contributed by atoms with Gasteiger partial charge in [0.25, 0.3) is 5.91 Å². The lowest BCUT2D eigenvalue weighted by atomic mass is 10.3. The Kier molecular flexibility index (Phi) is 3.69. The number of carbonyl (C=O) groups is 1. The van der Waals surface area contributed by atoms with E-state index in [9.17, 15) is 4.79 Å². The third-order valence-electron chi connectivity index (χ3n) is 1.65. The van der Waals surface area contributed by atoms with Crippen LogP contribution in [0.15, 0.2) is 4.42 Å². The molecule has 0 radical (unpaired) electrons. The summed E-state index contributed by atoms with van der Waals surface area (Å²) in [6.07, 6.45) is 0. The van der Waals surface area contributed by atoms with Gasteiger partial charge in [0.2, 0.25) is 5.76 Å². The SMILES string of the molecule is Cc1nc(C)c(C(=O)NCC(C)Br)o1. The van der Waals surface area contributed by atoms with Crippen LogP contribution in [0.5, 0.6) is 0 Å². The summed E-state index contributed by atoms with van der Waals surface area (Å²) in [5.74, 6) is 0.601. The Morgan fingerprint density at radius 3 is 2.71 bits per heavy atom. The Bertz CT molecular complexity index is 334. The zero-order valence-electron chi connectivity index (χ0n) is 8.43. The zero-order valence-corrected chi connectivity index (χ0v) is 10.0. The average Bonchev–Trinajstić information content (AvgIpc) is 2.41. The molecular formula is C9H13BrN2O2. The van der Waals surface area contributed by atoms with E-state index in [4.69, 9.17) is 4.42 Å². The highest BCUT2D eigenvalue weighted by Gasteiger charge is 2.15. The van der Waals surface area contributed by atoms with Crippen LogP contribution in [-0.4, -0.2) is 22.3 Å². The Hall–Kier alpha value is -0.840. The Balaban J connectivity index is 2.65. The molecule has 0 aliphatic rings. The summed E-state index contributed by atoms with van der Waals surface area (Å²) in [4.78, 5) is 15.8. The molecule has 0 aliphatic carbocycles. The Morgan fingerprint density at radius 1 is 1.64 bits per heavy atom. The summed E-state index contributed by atoms with van der Waals surface area (Å²) in [6, 6.07) is 0. The van der Waals surface area contributed by atoms with Gasteiger partial charge in [0.05, 0.1) is 5.69 Å². The van der Waals surface area contributed by atoms with Crippen LogP contribution < -0.4 is 5.32 Å². The molecule has 1 aromatic heterocycles. The molecule has 1 rings (SSSR count). The molecule has 1 N–H and O–H groups in total. The first-order chi connectivity index (χ1) is 6.50. The molecule has 78 valence electrons. The maximum atomic E-state index is 11.5. The fraction of sp³-hybridized carbons (Fsp3) is 0.556. The lowest BCUT2D eigenvalue weighted by Crippen LogP contribution is -2.28. The molecule has 0 spiro atoms. The van der Waals surface area contributed by atoms with E-state index in [0.29, 0.717) is 23.9 Å². The van der Waals surface area contributed by atoms with Crippen LogP contribution in [0, 0.1) is 13.8 Å². The molecule has 1 atom stereocenters. The van der Waals surface area contributed by atoms with Gasteiger partial charge >= 0.3 is 0 Å². The van der Waals surface area contributed by atoms with Gasteiger partial charge in [0.1, 0.15) is 0 Å². The third kappa shape index (κ3) is 2.83. The molecule has 0 saturated carbocycles. The van der Waals surface area contributed by atoms with Crippen LogP contribution in [-0.2, 0) is 0 Å². The Morgan fingerprint density at radius 2 is 2.29 bits per heavy atom. The van der Waals surface area contributed by atoms with Gasteiger partial charge in [-0.3, -0.25) is 4.79 Å². The van der Waals surface area contributed by atoms with Gasteiger partial charge in [-0.1, -0.05) is 22.9 Å². The number of oxazole rings is 1. The number of amides is 1. The molecule has 0 aliphatic heterocycles. The number of nitrogens with one attached hydrogen (secondary N) is 1. The van der Waals surface area contributed by atoms with Crippen molar-refractivity contribution >= 4 is 21.8 Å². The van der Waals surface area contributed by atoms with E-state index in [1.807, 2.05) is 6.92 Å². The standard InChI is InChI=1S/C9H13BrN2O2/c1-5(10)4-11-9(13)8-6(2)12-7(3)14-8/h5H,4H2,1-3H3,(H,11,13). The second-order valence-corrected chi connectivity index (χ2v) is 4.70. The lowest BCUT2D eigenvalue weighted by Gasteiger charge is -2.04. The number of aromatic nitrogens is 1. The van der Waals surface area contributed by atoms with E-state index < -0.39 is 0 Å². The number of hydrogen-bond donors (Lipinski definition) is 1. The minimum Gasteiger partial charge on any atom is -0.436 e. The quantitative estimate of drug-likeness (QED) is 0.844. The fourth-order valence-corrected chi connectivity index (χ4v) is 1.22. The maximum Gasteiger partial charge on any atom is 0.289 e. The van der Waals surface area contributed by atoms with E-state index >= 15 is 0 Å². The van der Waals surface area contributed by atoms with Crippen molar-refractivity contribution in [1.82, 2.24) is 10.3 Å². The first-order valence-electron chi connectivity index (χ1n) is 4.37. The molecular weight excluding hydrogens is 248 g/mol. The Labute approximate surface area is 91.2 Å². The van der Waals surface area contributed by atoms with Gasteiger partial charge in [0, 0.05) is 18.3 Å². The van der Waals surface area contributed by atoms with Crippen molar-refractivity contribution in [3.63, 3.8) is 0 Å². The summed E-state index contributed by atoms with van der Waals surface area (Å²) < 4.78 is 5.17. The monoisotopic (exact) mass is 260 g/mol. The lowest BCUT2D eigenvalue weighted by molar-refractivity contribution is 0.0924. The highest BCUT2D eigenvalue weighted by molar-refractivity contribution is 9.09. The van der Waals surface area contributed by atoms with Crippen molar-refractivity contribution in [3.05, 3.63) is 17.3 Å². The number of aryl methyl sites for hydroxylation is 2. The van der Waals surface area contributed by atoms with Crippen molar-refractivity contribution in [2.75, 3.05) is 6.54 Å². The molecule has 0 saturated heterocycles. The van der Waals surface area contributed by atoms with Gasteiger partial charge in [-0.05, 0) is 6.92 Å². The van der Waals surface area contributed by atoms with Gasteiger partial charge in [0.15, 0.2) is 5.89 Å². The minimum atomic E-state index is -0.214. The number of hydrogen-bond acceptors (Lipinski definition) is 3. The van der Waals surface area contributed by atoms with Crippen LogP contribution >= 0.6 is 15.9 Å². The molecule has 1 heterocycles. The van der Waals surface area contributed by atoms with Crippen molar-refractivity contribution in [2.24, 2.45) is 0 Å². The van der Waals surface area contributed by atoms with Crippen LogP contribution in [0.25, 0.3) is 0 Å². The first-order valence-corrected chi connectivity index (χ1v) is 5.28. The third-order valence-corrected chi connectivity index (χ3v) is 1.98. The van der Waals surface area contributed by atoms with Crippen molar-refractivity contribution < 1.29 is 9.21 Å². The summed E-state index contributed by atoms with van der Waals surface area (Å²) in [6.45, 7) is 6.00. The van der Waals surface area contributed by atoms with Crippen LogP contribution in [0.1, 0.15) is 29.1 Å². The van der Waals surface area contributed by atoms with Gasteiger partial charge in [-0.25, -0.2) is 4.98 Å². The van der Waals surface area contributed by atoms with Gasteiger partial charge in [-0.2, -0.15) is 0 Å². The largest absolute Gasteiger partial charge is 0.436 e. The molecule has 1 unspecified atom stereocenters. The van der Waals surface area contributed by atoms with Crippen LogP contribution in [0.4, 0.5) is 0 Å². The zero-order chi connectivity index (χ0) is 10.7. The van der Waals surface area contributed by atoms with Crippen LogP contribution in [0.2, 0.25) is 0 Å². The van der Waals surface area contributed by atoms with Crippen LogP contribution in [0.3, 0.4) is 0 Å². The van der Waals surface area contributed by atoms with E-state index in [2.05, 4.69) is 26.2 Å². The van der Waals surface area contributed by atoms with E-state index in [-0.39, 0.29) is 10.7 Å². The fourth-order valence-electron chi connectivity index (χ4n) is 1.06. The highest BCUT2D eigenvalue weighted by atomic mass is 79.9. The van der Waals surface area contributed by atoms with Crippen molar-refractivity contribution in [2.45, 2.75) is 25.6 Å². The first kappa shape index (κ1) is 11.2. The number of carbonyl (C=O) groups excluding carboxylic acids is 1. The summed E-state index contributed by atoms with van der Waals surface area (Å²) in [7, 11) is 0. The summed E-state index contributed by atoms with van der Waals surface area (Å²) in [5.41, 5.74) is 0.627. The minimum absolute atomic E-state index is 0.214. The van der Waals surface area contributed by atoms with E-state index in [1.54, 1.807) is 13.8 Å². The number of alkyl halides is 1. The predicted octanol–water partition coefficient (Wildman–Crippen LogP) is 1.80. The second-order valence-electron chi connectivity index (χ2n) is 3.14. The molecule has 0 aromatic carbocycles. The second kappa shape index (κ2) is 4.59. The summed E-state index contributed by atoms with van der Waals surface area (Å²) >= 11 is 3.34. The highest BCUT2D eigenvalue weighted by Crippen LogP contribution is 2.08. The average molecular weight is 261 g/mol. The topological polar surface area (TPSA) is 55.1 Å². The predicted molar refractivity (Wildman–Crippen MR) is 56.7 cm³/mol. The number of rotatable bonds is 3. The van der Waals surface area contributed by atoms with Crippen molar-refractivity contribution in [1.29, 1.82) is 0 Å². The molecule has 0 bridgehead atoms. The number of halogens is 1. The molecule has 0 fully saturated rings.